The molecular formula is C13H16F2N2O2. The first-order valence-corrected chi connectivity index (χ1v) is 6.15. The van der Waals surface area contributed by atoms with Crippen LogP contribution in [0.3, 0.4) is 0 Å². The first-order chi connectivity index (χ1) is 9.08. The molecule has 6 heteroatoms. The lowest BCUT2D eigenvalue weighted by Gasteiger charge is -2.31. The number of nitrogens with zero attached hydrogens (tertiary/aromatic N) is 1. The number of anilines is 1. The van der Waals surface area contributed by atoms with Gasteiger partial charge >= 0.3 is 0 Å². The maximum atomic E-state index is 13.0. The number of amides is 1. The van der Waals surface area contributed by atoms with Crippen molar-refractivity contribution in [3.63, 3.8) is 0 Å². The normalized spacial score (nSPS) is 18.1. The topological polar surface area (TPSA) is 41.6 Å². The summed E-state index contributed by atoms with van der Waals surface area (Å²) in [4.78, 5) is 14.0. The first-order valence-electron chi connectivity index (χ1n) is 6.15. The van der Waals surface area contributed by atoms with Gasteiger partial charge in [-0.05, 0) is 19.1 Å². The van der Waals surface area contributed by atoms with Gasteiger partial charge in [-0.3, -0.25) is 9.69 Å². The van der Waals surface area contributed by atoms with Gasteiger partial charge in [-0.2, -0.15) is 0 Å². The van der Waals surface area contributed by atoms with E-state index in [-0.39, 0.29) is 17.6 Å². The SMILES string of the molecule is C[C@H](C(=O)Nc1ccc(F)c(F)c1)N1CCOCC1. The first kappa shape index (κ1) is 13.9. The van der Waals surface area contributed by atoms with Crippen molar-refractivity contribution in [1.82, 2.24) is 4.90 Å². The highest BCUT2D eigenvalue weighted by Gasteiger charge is 2.23. The number of benzene rings is 1. The highest BCUT2D eigenvalue weighted by Crippen LogP contribution is 2.14. The highest BCUT2D eigenvalue weighted by molar-refractivity contribution is 5.94. The number of hydrogen-bond donors (Lipinski definition) is 1. The van der Waals surface area contributed by atoms with Crippen LogP contribution in [0.4, 0.5) is 14.5 Å². The minimum atomic E-state index is -0.975. The molecule has 1 aromatic rings. The van der Waals surface area contributed by atoms with E-state index in [0.29, 0.717) is 26.3 Å². The van der Waals surface area contributed by atoms with E-state index in [0.717, 1.165) is 12.1 Å². The Balaban J connectivity index is 1.97. The number of hydrogen-bond acceptors (Lipinski definition) is 3. The van der Waals surface area contributed by atoms with Gasteiger partial charge < -0.3 is 10.1 Å². The quantitative estimate of drug-likeness (QED) is 0.907. The van der Waals surface area contributed by atoms with Gasteiger partial charge in [0.2, 0.25) is 5.91 Å². The number of ether oxygens (including phenoxy) is 1. The fourth-order valence-electron chi connectivity index (χ4n) is 1.95. The molecule has 4 nitrogen and oxygen atoms in total. The fraction of sp³-hybridized carbons (Fsp3) is 0.462. The molecule has 0 aromatic heterocycles. The zero-order valence-electron chi connectivity index (χ0n) is 10.7. The molecule has 19 heavy (non-hydrogen) atoms. The molecule has 0 aliphatic carbocycles. The molecular weight excluding hydrogens is 254 g/mol. The Bertz CT molecular complexity index is 462. The van der Waals surface area contributed by atoms with E-state index in [9.17, 15) is 13.6 Å². The Kier molecular flexibility index (Phi) is 4.44. The van der Waals surface area contributed by atoms with Crippen LogP contribution in [-0.4, -0.2) is 43.2 Å². The molecule has 1 heterocycles. The van der Waals surface area contributed by atoms with Gasteiger partial charge in [-0.15, -0.1) is 0 Å². The van der Waals surface area contributed by atoms with E-state index in [2.05, 4.69) is 5.32 Å². The number of carbonyl (C=O) groups excluding carboxylic acids is 1. The maximum Gasteiger partial charge on any atom is 0.241 e. The predicted octanol–water partition coefficient (Wildman–Crippen LogP) is 1.62. The molecule has 1 N–H and O–H groups in total. The Morgan fingerprint density at radius 1 is 1.32 bits per heavy atom. The van der Waals surface area contributed by atoms with Crippen LogP contribution in [0.2, 0.25) is 0 Å². The Labute approximate surface area is 110 Å². The molecule has 1 aromatic carbocycles. The summed E-state index contributed by atoms with van der Waals surface area (Å²) in [6, 6.07) is 2.96. The Morgan fingerprint density at radius 2 is 2.00 bits per heavy atom. The molecule has 1 aliphatic rings. The van der Waals surface area contributed by atoms with Crippen molar-refractivity contribution in [2.75, 3.05) is 31.6 Å². The van der Waals surface area contributed by atoms with Crippen molar-refractivity contribution >= 4 is 11.6 Å². The van der Waals surface area contributed by atoms with Crippen LogP contribution in [0, 0.1) is 11.6 Å². The molecule has 1 atom stereocenters. The van der Waals surface area contributed by atoms with Crippen molar-refractivity contribution in [3.05, 3.63) is 29.8 Å². The molecule has 1 amide bonds. The summed E-state index contributed by atoms with van der Waals surface area (Å²) in [6.45, 7) is 4.35. The second kappa shape index (κ2) is 6.08. The van der Waals surface area contributed by atoms with Gasteiger partial charge in [-0.25, -0.2) is 8.78 Å². The second-order valence-corrected chi connectivity index (χ2v) is 4.44. The van der Waals surface area contributed by atoms with Crippen LogP contribution in [0.15, 0.2) is 18.2 Å². The zero-order chi connectivity index (χ0) is 13.8. The van der Waals surface area contributed by atoms with E-state index >= 15 is 0 Å². The lowest BCUT2D eigenvalue weighted by Crippen LogP contribution is -2.47. The van der Waals surface area contributed by atoms with Crippen LogP contribution in [0.1, 0.15) is 6.92 Å². The number of carbonyl (C=O) groups is 1. The number of morpholine rings is 1. The number of nitrogens with one attached hydrogen (secondary N) is 1. The van der Waals surface area contributed by atoms with Crippen molar-refractivity contribution in [2.45, 2.75) is 13.0 Å². The molecule has 1 saturated heterocycles. The Hall–Kier alpha value is -1.53. The maximum absolute atomic E-state index is 13.0. The van der Waals surface area contributed by atoms with Gasteiger partial charge in [0.15, 0.2) is 11.6 Å². The smallest absolute Gasteiger partial charge is 0.241 e. The largest absolute Gasteiger partial charge is 0.379 e. The second-order valence-electron chi connectivity index (χ2n) is 4.44. The molecule has 0 saturated carbocycles. The average molecular weight is 270 g/mol. The van der Waals surface area contributed by atoms with Crippen molar-refractivity contribution < 1.29 is 18.3 Å². The van der Waals surface area contributed by atoms with Crippen LogP contribution >= 0.6 is 0 Å². The molecule has 0 unspecified atom stereocenters. The molecule has 1 fully saturated rings. The average Bonchev–Trinajstić information content (AvgIpc) is 2.43. The third-order valence-corrected chi connectivity index (χ3v) is 3.16. The van der Waals surface area contributed by atoms with Crippen LogP contribution in [0.5, 0.6) is 0 Å². The lowest BCUT2D eigenvalue weighted by molar-refractivity contribution is -0.122. The summed E-state index contributed by atoms with van der Waals surface area (Å²) in [5, 5.41) is 2.58. The molecule has 0 spiro atoms. The van der Waals surface area contributed by atoms with Crippen LogP contribution < -0.4 is 5.32 Å². The van der Waals surface area contributed by atoms with Gasteiger partial charge in [0.25, 0.3) is 0 Å². The van der Waals surface area contributed by atoms with Gasteiger partial charge in [0.1, 0.15) is 0 Å². The summed E-state index contributed by atoms with van der Waals surface area (Å²) in [5.41, 5.74) is 0.254. The van der Waals surface area contributed by atoms with Gasteiger partial charge in [0.05, 0.1) is 19.3 Å². The fourth-order valence-corrected chi connectivity index (χ4v) is 1.95. The third kappa shape index (κ3) is 3.48. The molecule has 2 rings (SSSR count). The zero-order valence-corrected chi connectivity index (χ0v) is 10.7. The van der Waals surface area contributed by atoms with Crippen molar-refractivity contribution in [2.24, 2.45) is 0 Å². The van der Waals surface area contributed by atoms with Crippen LogP contribution in [0.25, 0.3) is 0 Å². The van der Waals surface area contributed by atoms with E-state index in [1.54, 1.807) is 6.92 Å². The van der Waals surface area contributed by atoms with E-state index in [4.69, 9.17) is 4.74 Å². The predicted molar refractivity (Wildman–Crippen MR) is 66.8 cm³/mol. The summed E-state index contributed by atoms with van der Waals surface area (Å²) < 4.78 is 31.0. The van der Waals surface area contributed by atoms with Crippen molar-refractivity contribution in [3.8, 4) is 0 Å². The summed E-state index contributed by atoms with van der Waals surface area (Å²) in [5.74, 6) is -2.15. The van der Waals surface area contributed by atoms with Crippen LogP contribution in [-0.2, 0) is 9.53 Å². The molecule has 0 bridgehead atoms. The van der Waals surface area contributed by atoms with E-state index < -0.39 is 11.6 Å². The minimum absolute atomic E-state index is 0.243. The van der Waals surface area contributed by atoms with E-state index in [1.807, 2.05) is 4.90 Å². The Morgan fingerprint density at radius 3 is 2.63 bits per heavy atom. The monoisotopic (exact) mass is 270 g/mol. The third-order valence-electron chi connectivity index (χ3n) is 3.16. The summed E-state index contributed by atoms with van der Waals surface area (Å²) in [6.07, 6.45) is 0. The van der Waals surface area contributed by atoms with Crippen molar-refractivity contribution in [1.29, 1.82) is 0 Å². The summed E-state index contributed by atoms with van der Waals surface area (Å²) in [7, 11) is 0. The summed E-state index contributed by atoms with van der Waals surface area (Å²) >= 11 is 0. The number of halogens is 2. The lowest BCUT2D eigenvalue weighted by atomic mass is 10.2. The standard InChI is InChI=1S/C13H16F2N2O2/c1-9(17-4-6-19-7-5-17)13(18)16-10-2-3-11(14)12(15)8-10/h2-3,8-9H,4-7H2,1H3,(H,16,18)/t9-/m1/s1. The minimum Gasteiger partial charge on any atom is -0.379 e. The molecule has 0 radical (unpaired) electrons. The van der Waals surface area contributed by atoms with E-state index in [1.165, 1.54) is 6.07 Å². The van der Waals surface area contributed by atoms with Gasteiger partial charge in [-0.1, -0.05) is 0 Å². The number of rotatable bonds is 3. The highest BCUT2D eigenvalue weighted by atomic mass is 19.2. The molecule has 104 valence electrons. The molecule has 1 aliphatic heterocycles. The van der Waals surface area contributed by atoms with Gasteiger partial charge in [0, 0.05) is 24.8 Å².